The largest absolute Gasteiger partial charge is 0.341 e. The van der Waals surface area contributed by atoms with E-state index in [2.05, 4.69) is 23.6 Å². The van der Waals surface area contributed by atoms with E-state index in [0.29, 0.717) is 23.8 Å². The second-order valence-corrected chi connectivity index (χ2v) is 8.87. The van der Waals surface area contributed by atoms with E-state index < -0.39 is 0 Å². The maximum Gasteiger partial charge on any atom is 0.222 e. The number of hydrogen-bond acceptors (Lipinski definition) is 4. The second-order valence-electron chi connectivity index (χ2n) is 8.87. The molecule has 1 atom stereocenters. The van der Waals surface area contributed by atoms with Crippen LogP contribution in [0.15, 0.2) is 0 Å². The van der Waals surface area contributed by atoms with Crippen molar-refractivity contribution in [2.24, 2.45) is 5.92 Å². The van der Waals surface area contributed by atoms with Crippen LogP contribution in [0.4, 0.5) is 0 Å². The van der Waals surface area contributed by atoms with Gasteiger partial charge < -0.3 is 14.7 Å². The lowest BCUT2D eigenvalue weighted by Crippen LogP contribution is -2.47. The summed E-state index contributed by atoms with van der Waals surface area (Å²) in [6, 6.07) is 0.514. The van der Waals surface area contributed by atoms with Crippen molar-refractivity contribution in [1.29, 1.82) is 0 Å². The maximum atomic E-state index is 11.9. The van der Waals surface area contributed by atoms with Gasteiger partial charge in [-0.25, -0.2) is 0 Å². The summed E-state index contributed by atoms with van der Waals surface area (Å²) in [5.41, 5.74) is 0. The van der Waals surface area contributed by atoms with E-state index >= 15 is 0 Å². The molecule has 3 aliphatic rings. The molecule has 0 saturated carbocycles. The quantitative estimate of drug-likeness (QED) is 0.612. The second kappa shape index (κ2) is 9.87. The molecule has 0 aromatic heterocycles. The van der Waals surface area contributed by atoms with Crippen LogP contribution in [0.3, 0.4) is 0 Å². The zero-order chi connectivity index (χ0) is 19.2. The number of carbonyl (C=O) groups excluding carboxylic acids is 2. The van der Waals surface area contributed by atoms with Crippen LogP contribution >= 0.6 is 0 Å². The van der Waals surface area contributed by atoms with Crippen LogP contribution in [0, 0.1) is 5.92 Å². The SMILES string of the molecule is CC(C)N(CCN1CCCC1=O)C[C@H]1CCCN(CCN2CCCC2=O)C1. The summed E-state index contributed by atoms with van der Waals surface area (Å²) in [5.74, 6) is 1.37. The fourth-order valence-corrected chi connectivity index (χ4v) is 4.79. The van der Waals surface area contributed by atoms with Crippen LogP contribution in [0.25, 0.3) is 0 Å². The van der Waals surface area contributed by atoms with Gasteiger partial charge >= 0.3 is 0 Å². The fraction of sp³-hybridized carbons (Fsp3) is 0.905. The molecule has 3 heterocycles. The number of nitrogens with zero attached hydrogens (tertiary/aromatic N) is 4. The average molecular weight is 379 g/mol. The smallest absolute Gasteiger partial charge is 0.222 e. The van der Waals surface area contributed by atoms with Gasteiger partial charge in [-0.1, -0.05) is 0 Å². The molecule has 6 heteroatoms. The van der Waals surface area contributed by atoms with Crippen molar-refractivity contribution < 1.29 is 9.59 Å². The Hall–Kier alpha value is -1.14. The van der Waals surface area contributed by atoms with Crippen LogP contribution in [-0.4, -0.2) is 96.4 Å². The first-order valence-electron chi connectivity index (χ1n) is 11.0. The first-order valence-corrected chi connectivity index (χ1v) is 11.0. The lowest BCUT2D eigenvalue weighted by atomic mass is 9.97. The monoisotopic (exact) mass is 378 g/mol. The van der Waals surface area contributed by atoms with Gasteiger partial charge in [0.2, 0.25) is 11.8 Å². The molecule has 6 nitrogen and oxygen atoms in total. The van der Waals surface area contributed by atoms with Crippen molar-refractivity contribution in [1.82, 2.24) is 19.6 Å². The van der Waals surface area contributed by atoms with Crippen molar-refractivity contribution in [3.8, 4) is 0 Å². The van der Waals surface area contributed by atoms with Gasteiger partial charge in [0, 0.05) is 71.2 Å². The molecular weight excluding hydrogens is 340 g/mol. The normalized spacial score (nSPS) is 24.8. The standard InChI is InChI=1S/C21H38N4O2/c1-18(2)25(15-14-24-11-5-8-21(24)27)17-19-6-3-9-22(16-19)12-13-23-10-4-7-20(23)26/h18-19H,3-17H2,1-2H3/t19-/m0/s1. The summed E-state index contributed by atoms with van der Waals surface area (Å²) < 4.78 is 0. The molecule has 3 saturated heterocycles. The van der Waals surface area contributed by atoms with Gasteiger partial charge in [0.25, 0.3) is 0 Å². The third kappa shape index (κ3) is 5.92. The molecule has 3 rings (SSSR count). The summed E-state index contributed by atoms with van der Waals surface area (Å²) in [5, 5.41) is 0. The molecule has 3 fully saturated rings. The molecule has 0 bridgehead atoms. The fourth-order valence-electron chi connectivity index (χ4n) is 4.79. The van der Waals surface area contributed by atoms with E-state index in [0.717, 1.165) is 78.0 Å². The van der Waals surface area contributed by atoms with E-state index in [1.807, 2.05) is 9.80 Å². The van der Waals surface area contributed by atoms with Crippen LogP contribution in [0.2, 0.25) is 0 Å². The van der Waals surface area contributed by atoms with Gasteiger partial charge in [0.15, 0.2) is 0 Å². The van der Waals surface area contributed by atoms with Crippen LogP contribution in [0.5, 0.6) is 0 Å². The Balaban J connectivity index is 1.42. The van der Waals surface area contributed by atoms with Crippen molar-refractivity contribution >= 4 is 11.8 Å². The van der Waals surface area contributed by atoms with Gasteiger partial charge in [-0.2, -0.15) is 0 Å². The van der Waals surface area contributed by atoms with E-state index in [1.54, 1.807) is 0 Å². The Bertz CT molecular complexity index is 510. The van der Waals surface area contributed by atoms with E-state index in [-0.39, 0.29) is 0 Å². The van der Waals surface area contributed by atoms with E-state index in [4.69, 9.17) is 0 Å². The van der Waals surface area contributed by atoms with Gasteiger partial charge in [0.05, 0.1) is 0 Å². The van der Waals surface area contributed by atoms with Crippen molar-refractivity contribution in [2.75, 3.05) is 58.9 Å². The maximum absolute atomic E-state index is 11.9. The third-order valence-corrected chi connectivity index (χ3v) is 6.51. The highest BCUT2D eigenvalue weighted by Crippen LogP contribution is 2.20. The molecule has 0 N–H and O–H groups in total. The topological polar surface area (TPSA) is 47.1 Å². The minimum Gasteiger partial charge on any atom is -0.341 e. The Kier molecular flexibility index (Phi) is 7.53. The summed E-state index contributed by atoms with van der Waals surface area (Å²) >= 11 is 0. The summed E-state index contributed by atoms with van der Waals surface area (Å²) in [6.07, 6.45) is 6.09. The van der Waals surface area contributed by atoms with Crippen molar-refractivity contribution in [3.63, 3.8) is 0 Å². The Morgan fingerprint density at radius 1 is 0.926 bits per heavy atom. The molecule has 27 heavy (non-hydrogen) atoms. The Labute approximate surface area is 164 Å². The molecule has 3 aliphatic heterocycles. The predicted octanol–water partition coefficient (Wildman–Crippen LogP) is 1.65. The third-order valence-electron chi connectivity index (χ3n) is 6.51. The highest BCUT2D eigenvalue weighted by Gasteiger charge is 2.26. The number of rotatable bonds is 9. The minimum absolute atomic E-state index is 0.332. The molecule has 0 aromatic carbocycles. The first-order chi connectivity index (χ1) is 13.0. The lowest BCUT2D eigenvalue weighted by Gasteiger charge is -2.38. The van der Waals surface area contributed by atoms with Crippen LogP contribution in [-0.2, 0) is 9.59 Å². The number of piperidine rings is 1. The minimum atomic E-state index is 0.332. The van der Waals surface area contributed by atoms with Crippen LogP contribution in [0.1, 0.15) is 52.4 Å². The molecule has 0 spiro atoms. The molecule has 0 aliphatic carbocycles. The Morgan fingerprint density at radius 3 is 2.19 bits per heavy atom. The zero-order valence-corrected chi connectivity index (χ0v) is 17.4. The predicted molar refractivity (Wildman–Crippen MR) is 108 cm³/mol. The molecule has 2 amide bonds. The average Bonchev–Trinajstić information content (AvgIpc) is 3.25. The summed E-state index contributed by atoms with van der Waals surface area (Å²) in [4.78, 5) is 32.9. The molecule has 0 unspecified atom stereocenters. The zero-order valence-electron chi connectivity index (χ0n) is 17.4. The number of amides is 2. The van der Waals surface area contributed by atoms with Crippen LogP contribution < -0.4 is 0 Å². The molecule has 0 aromatic rings. The highest BCUT2D eigenvalue weighted by atomic mass is 16.2. The van der Waals surface area contributed by atoms with Gasteiger partial charge in [-0.05, 0) is 52.0 Å². The van der Waals surface area contributed by atoms with Gasteiger partial charge in [0.1, 0.15) is 0 Å². The highest BCUT2D eigenvalue weighted by molar-refractivity contribution is 5.78. The number of carbonyl (C=O) groups is 2. The molecule has 154 valence electrons. The number of likely N-dealkylation sites (tertiary alicyclic amines) is 3. The van der Waals surface area contributed by atoms with Crippen molar-refractivity contribution in [3.05, 3.63) is 0 Å². The van der Waals surface area contributed by atoms with E-state index in [1.165, 1.54) is 19.4 Å². The lowest BCUT2D eigenvalue weighted by molar-refractivity contribution is -0.128. The summed E-state index contributed by atoms with van der Waals surface area (Å²) in [7, 11) is 0. The van der Waals surface area contributed by atoms with Crippen molar-refractivity contribution in [2.45, 2.75) is 58.4 Å². The Morgan fingerprint density at radius 2 is 1.59 bits per heavy atom. The molecular formula is C21H38N4O2. The first kappa shape index (κ1) is 20.6. The molecule has 0 radical (unpaired) electrons. The van der Waals surface area contributed by atoms with Gasteiger partial charge in [-0.15, -0.1) is 0 Å². The number of hydrogen-bond donors (Lipinski definition) is 0. The van der Waals surface area contributed by atoms with E-state index in [9.17, 15) is 9.59 Å². The summed E-state index contributed by atoms with van der Waals surface area (Å²) in [6.45, 7) is 13.7. The van der Waals surface area contributed by atoms with Gasteiger partial charge in [-0.3, -0.25) is 14.5 Å².